The molecule has 4 nitrogen and oxygen atoms in total. The van der Waals surface area contributed by atoms with Crippen molar-refractivity contribution in [2.75, 3.05) is 5.32 Å². The lowest BCUT2D eigenvalue weighted by atomic mass is 9.86. The normalized spacial score (nSPS) is 24.4. The Labute approximate surface area is 152 Å². The summed E-state index contributed by atoms with van der Waals surface area (Å²) in [7, 11) is 0. The molecule has 0 saturated heterocycles. The third-order valence-corrected chi connectivity index (χ3v) is 6.36. The minimum atomic E-state index is -0.0707. The fourth-order valence-corrected chi connectivity index (χ4v) is 4.96. The van der Waals surface area contributed by atoms with Crippen LogP contribution in [0.25, 0.3) is 0 Å². The lowest BCUT2D eigenvalue weighted by molar-refractivity contribution is -0.146. The zero-order chi connectivity index (χ0) is 17.2. The average Bonchev–Trinajstić information content (AvgIpc) is 3.32. The third-order valence-electron chi connectivity index (χ3n) is 5.55. The predicted octanol–water partition coefficient (Wildman–Crippen LogP) is 5.06. The van der Waals surface area contributed by atoms with Crippen molar-refractivity contribution in [1.29, 1.82) is 0 Å². The maximum atomic E-state index is 12.1. The van der Waals surface area contributed by atoms with Crippen LogP contribution in [0.15, 0.2) is 29.6 Å². The van der Waals surface area contributed by atoms with Crippen molar-refractivity contribution in [3.05, 3.63) is 40.9 Å². The Morgan fingerprint density at radius 2 is 2.12 bits per heavy atom. The largest absolute Gasteiger partial charge is 0.459 e. The van der Waals surface area contributed by atoms with E-state index in [2.05, 4.69) is 29.4 Å². The van der Waals surface area contributed by atoms with Crippen LogP contribution in [0.5, 0.6) is 0 Å². The molecule has 5 heteroatoms. The van der Waals surface area contributed by atoms with Gasteiger partial charge in [-0.25, -0.2) is 4.98 Å². The average molecular weight is 356 g/mol. The van der Waals surface area contributed by atoms with Gasteiger partial charge in [0.25, 0.3) is 0 Å². The minimum Gasteiger partial charge on any atom is -0.459 e. The van der Waals surface area contributed by atoms with Crippen LogP contribution in [0.2, 0.25) is 0 Å². The van der Waals surface area contributed by atoms with Gasteiger partial charge in [-0.1, -0.05) is 24.1 Å². The Morgan fingerprint density at radius 3 is 2.84 bits per heavy atom. The van der Waals surface area contributed by atoms with Gasteiger partial charge in [0.1, 0.15) is 6.61 Å². The van der Waals surface area contributed by atoms with Crippen molar-refractivity contribution in [2.24, 2.45) is 17.8 Å². The first-order valence-electron chi connectivity index (χ1n) is 9.09. The summed E-state index contributed by atoms with van der Waals surface area (Å²) in [5.74, 6) is 2.12. The molecule has 2 aromatic rings. The number of ether oxygens (including phenoxy) is 1. The molecule has 1 aromatic heterocycles. The van der Waals surface area contributed by atoms with Gasteiger partial charge in [0.05, 0.1) is 5.69 Å². The summed E-state index contributed by atoms with van der Waals surface area (Å²) in [6.07, 6.45) is 5.81. The first-order valence-corrected chi connectivity index (χ1v) is 9.97. The van der Waals surface area contributed by atoms with Crippen LogP contribution in [0, 0.1) is 24.7 Å². The number of aryl methyl sites for hydroxylation is 1. The Bertz CT molecular complexity index is 740. The van der Waals surface area contributed by atoms with E-state index in [0.29, 0.717) is 12.3 Å². The number of carbonyl (C=O) groups is 1. The summed E-state index contributed by atoms with van der Waals surface area (Å²) >= 11 is 1.53. The van der Waals surface area contributed by atoms with Gasteiger partial charge in [-0.2, -0.15) is 0 Å². The van der Waals surface area contributed by atoms with E-state index < -0.39 is 0 Å². The summed E-state index contributed by atoms with van der Waals surface area (Å²) in [5.41, 5.74) is 3.05. The van der Waals surface area contributed by atoms with Crippen LogP contribution in [0.4, 0.5) is 10.8 Å². The fraction of sp³-hybridized carbons (Fsp3) is 0.500. The van der Waals surface area contributed by atoms with Gasteiger partial charge < -0.3 is 10.1 Å². The molecule has 2 aliphatic carbocycles. The number of anilines is 2. The van der Waals surface area contributed by atoms with Crippen molar-refractivity contribution < 1.29 is 9.53 Å². The van der Waals surface area contributed by atoms with Crippen LogP contribution in [0.1, 0.15) is 43.4 Å². The SMILES string of the molecule is Cc1ccc(Nc2nc(COC(=O)C[C@H]3C[C@@H]4CC[C@@H]3C4)cs2)cc1. The Morgan fingerprint density at radius 1 is 1.28 bits per heavy atom. The van der Waals surface area contributed by atoms with Gasteiger partial charge in [-0.05, 0) is 56.1 Å². The summed E-state index contributed by atoms with van der Waals surface area (Å²) in [6, 6.07) is 8.19. The molecule has 1 heterocycles. The van der Waals surface area contributed by atoms with Gasteiger partial charge >= 0.3 is 5.97 Å². The number of nitrogens with one attached hydrogen (secondary N) is 1. The van der Waals surface area contributed by atoms with Gasteiger partial charge in [-0.15, -0.1) is 11.3 Å². The second-order valence-corrected chi connectivity index (χ2v) is 8.29. The van der Waals surface area contributed by atoms with E-state index in [9.17, 15) is 4.79 Å². The molecule has 4 rings (SSSR count). The number of nitrogens with zero attached hydrogens (tertiary/aromatic N) is 1. The first-order chi connectivity index (χ1) is 12.2. The third kappa shape index (κ3) is 4.03. The van der Waals surface area contributed by atoms with Crippen LogP contribution >= 0.6 is 11.3 Å². The lowest BCUT2D eigenvalue weighted by Crippen LogP contribution is -2.17. The smallest absolute Gasteiger partial charge is 0.306 e. The van der Waals surface area contributed by atoms with Crippen molar-refractivity contribution in [3.63, 3.8) is 0 Å². The molecule has 1 N–H and O–H groups in total. The zero-order valence-electron chi connectivity index (χ0n) is 14.5. The van der Waals surface area contributed by atoms with E-state index in [-0.39, 0.29) is 12.6 Å². The van der Waals surface area contributed by atoms with Gasteiger partial charge in [0.2, 0.25) is 0 Å². The summed E-state index contributed by atoms with van der Waals surface area (Å²) in [4.78, 5) is 16.6. The number of fused-ring (bicyclic) bond motifs is 2. The lowest BCUT2D eigenvalue weighted by Gasteiger charge is -2.20. The standard InChI is InChI=1S/C20H24N2O2S/c1-13-2-6-17(7-3-13)21-20-22-18(12-25-20)11-24-19(23)10-16-9-14-4-5-15(16)8-14/h2-3,6-7,12,14-16H,4-5,8-11H2,1H3,(H,21,22)/t14-,15-,16-/m1/s1. The second-order valence-electron chi connectivity index (χ2n) is 7.43. The maximum Gasteiger partial charge on any atom is 0.306 e. The fourth-order valence-electron chi connectivity index (χ4n) is 4.24. The molecule has 132 valence electrons. The zero-order valence-corrected chi connectivity index (χ0v) is 15.3. The molecule has 2 fully saturated rings. The van der Waals surface area contributed by atoms with E-state index in [1.165, 1.54) is 42.6 Å². The van der Waals surface area contributed by atoms with E-state index in [0.717, 1.165) is 28.3 Å². The van der Waals surface area contributed by atoms with Crippen molar-refractivity contribution in [1.82, 2.24) is 4.98 Å². The maximum absolute atomic E-state index is 12.1. The van der Waals surface area contributed by atoms with Crippen molar-refractivity contribution in [2.45, 2.75) is 45.6 Å². The predicted molar refractivity (Wildman–Crippen MR) is 99.9 cm³/mol. The highest BCUT2D eigenvalue weighted by molar-refractivity contribution is 7.13. The molecule has 0 spiro atoms. The number of hydrogen-bond acceptors (Lipinski definition) is 5. The Hall–Kier alpha value is -1.88. The van der Waals surface area contributed by atoms with Crippen LogP contribution in [-0.4, -0.2) is 11.0 Å². The molecule has 2 bridgehead atoms. The topological polar surface area (TPSA) is 51.2 Å². The van der Waals surface area contributed by atoms with E-state index in [1.807, 2.05) is 17.5 Å². The number of carbonyl (C=O) groups excluding carboxylic acids is 1. The highest BCUT2D eigenvalue weighted by Gasteiger charge is 2.40. The van der Waals surface area contributed by atoms with E-state index in [1.54, 1.807) is 0 Å². The van der Waals surface area contributed by atoms with E-state index >= 15 is 0 Å². The molecule has 1 aromatic carbocycles. The molecule has 2 saturated carbocycles. The van der Waals surface area contributed by atoms with Crippen LogP contribution in [-0.2, 0) is 16.1 Å². The highest BCUT2D eigenvalue weighted by atomic mass is 32.1. The Kier molecular flexibility index (Phi) is 4.75. The summed E-state index contributed by atoms with van der Waals surface area (Å²) in [6.45, 7) is 2.34. The minimum absolute atomic E-state index is 0.0707. The van der Waals surface area contributed by atoms with Gasteiger partial charge in [0, 0.05) is 17.5 Å². The molecule has 0 unspecified atom stereocenters. The van der Waals surface area contributed by atoms with Crippen molar-refractivity contribution >= 4 is 28.1 Å². The molecular weight excluding hydrogens is 332 g/mol. The quantitative estimate of drug-likeness (QED) is 0.735. The van der Waals surface area contributed by atoms with E-state index in [4.69, 9.17) is 4.74 Å². The summed E-state index contributed by atoms with van der Waals surface area (Å²) < 4.78 is 5.45. The Balaban J connectivity index is 1.25. The molecular formula is C20H24N2O2S. The molecule has 2 aliphatic rings. The van der Waals surface area contributed by atoms with Crippen LogP contribution < -0.4 is 5.32 Å². The molecule has 0 radical (unpaired) electrons. The number of rotatable bonds is 6. The monoisotopic (exact) mass is 356 g/mol. The van der Waals surface area contributed by atoms with Crippen LogP contribution in [0.3, 0.4) is 0 Å². The molecule has 25 heavy (non-hydrogen) atoms. The second kappa shape index (κ2) is 7.16. The highest BCUT2D eigenvalue weighted by Crippen LogP contribution is 2.49. The van der Waals surface area contributed by atoms with Gasteiger partial charge in [0.15, 0.2) is 5.13 Å². The van der Waals surface area contributed by atoms with Crippen molar-refractivity contribution in [3.8, 4) is 0 Å². The number of hydrogen-bond donors (Lipinski definition) is 1. The van der Waals surface area contributed by atoms with Gasteiger partial charge in [-0.3, -0.25) is 4.79 Å². The number of thiazole rings is 1. The molecule has 3 atom stereocenters. The molecule has 0 amide bonds. The first kappa shape index (κ1) is 16.6. The summed E-state index contributed by atoms with van der Waals surface area (Å²) in [5, 5.41) is 6.05. The number of esters is 1. The molecule has 0 aliphatic heterocycles. The number of benzene rings is 1. The number of aromatic nitrogens is 1.